The average molecular weight is 333 g/mol. The minimum atomic E-state index is -0.0334. The molecule has 7 heteroatoms. The van der Waals surface area contributed by atoms with Crippen LogP contribution in [0.1, 0.15) is 12.5 Å². The number of hydrogen-bond donors (Lipinski definition) is 1. The number of likely N-dealkylation sites (N-methyl/N-ethyl adjacent to an activating group) is 1. The molecule has 0 bridgehead atoms. The van der Waals surface area contributed by atoms with Crippen LogP contribution in [0.5, 0.6) is 0 Å². The minimum Gasteiger partial charge on any atom is -0.377 e. The number of aromatic nitrogens is 1. The molecule has 3 heterocycles. The van der Waals surface area contributed by atoms with Crippen molar-refractivity contribution in [2.75, 3.05) is 57.9 Å². The number of hydrogen-bond acceptors (Lipinski definition) is 5. The predicted octanol–water partition coefficient (Wildman–Crippen LogP) is 0.764. The molecule has 2 fully saturated rings. The van der Waals surface area contributed by atoms with Crippen molar-refractivity contribution in [2.45, 2.75) is 19.5 Å². The van der Waals surface area contributed by atoms with E-state index >= 15 is 0 Å². The van der Waals surface area contributed by atoms with Crippen molar-refractivity contribution in [1.82, 2.24) is 20.1 Å². The Bertz CT molecular complexity index is 542. The van der Waals surface area contributed by atoms with Crippen LogP contribution in [0, 0.1) is 0 Å². The van der Waals surface area contributed by atoms with Crippen LogP contribution < -0.4 is 10.2 Å². The van der Waals surface area contributed by atoms with Gasteiger partial charge < -0.3 is 24.8 Å². The summed E-state index contributed by atoms with van der Waals surface area (Å²) in [6.07, 6.45) is 1.86. The first-order valence-corrected chi connectivity index (χ1v) is 8.64. The molecule has 1 N–H and O–H groups in total. The molecule has 0 aliphatic carbocycles. The topological polar surface area (TPSA) is 60.9 Å². The van der Waals surface area contributed by atoms with Gasteiger partial charge in [-0.1, -0.05) is 6.07 Å². The fraction of sp³-hybridized carbons (Fsp3) is 0.647. The lowest BCUT2D eigenvalue weighted by Gasteiger charge is -2.33. The fourth-order valence-electron chi connectivity index (χ4n) is 3.05. The second-order valence-corrected chi connectivity index (χ2v) is 6.59. The molecule has 1 aromatic rings. The number of amides is 2. The van der Waals surface area contributed by atoms with Crippen LogP contribution in [0.2, 0.25) is 0 Å². The van der Waals surface area contributed by atoms with E-state index in [4.69, 9.17) is 4.74 Å². The third-order valence-corrected chi connectivity index (χ3v) is 4.71. The van der Waals surface area contributed by atoms with Crippen LogP contribution in [0.4, 0.5) is 10.6 Å². The van der Waals surface area contributed by atoms with Crippen molar-refractivity contribution in [2.24, 2.45) is 0 Å². The summed E-state index contributed by atoms with van der Waals surface area (Å²) in [5.41, 5.74) is 1.02. The van der Waals surface area contributed by atoms with Gasteiger partial charge in [0, 0.05) is 45.5 Å². The molecule has 132 valence electrons. The van der Waals surface area contributed by atoms with Crippen LogP contribution in [-0.4, -0.2) is 79.8 Å². The third-order valence-electron chi connectivity index (χ3n) is 4.71. The molecule has 2 amide bonds. The van der Waals surface area contributed by atoms with Gasteiger partial charge in [-0.15, -0.1) is 0 Å². The zero-order chi connectivity index (χ0) is 16.9. The zero-order valence-corrected chi connectivity index (χ0v) is 14.6. The first kappa shape index (κ1) is 17.0. The number of ether oxygens (including phenoxy) is 1. The Hall–Kier alpha value is -1.86. The smallest absolute Gasteiger partial charge is 0.318 e. The first-order valence-electron chi connectivity index (χ1n) is 8.64. The summed E-state index contributed by atoms with van der Waals surface area (Å²) in [4.78, 5) is 23.3. The molecular weight excluding hydrogens is 306 g/mol. The Morgan fingerprint density at radius 3 is 2.75 bits per heavy atom. The molecule has 0 spiro atoms. The molecule has 1 aromatic heterocycles. The van der Waals surface area contributed by atoms with E-state index in [1.165, 1.54) is 0 Å². The van der Waals surface area contributed by atoms with Gasteiger partial charge in [0.1, 0.15) is 5.82 Å². The summed E-state index contributed by atoms with van der Waals surface area (Å²) in [7, 11) is 2.14. The van der Waals surface area contributed by atoms with Crippen LogP contribution in [-0.2, 0) is 11.3 Å². The number of anilines is 1. The molecule has 2 saturated heterocycles. The molecule has 0 unspecified atom stereocenters. The Balaban J connectivity index is 1.50. The maximum Gasteiger partial charge on any atom is 0.318 e. The largest absolute Gasteiger partial charge is 0.377 e. The van der Waals surface area contributed by atoms with E-state index in [9.17, 15) is 4.79 Å². The lowest BCUT2D eigenvalue weighted by molar-refractivity contribution is 0.0190. The lowest BCUT2D eigenvalue weighted by atomic mass is 10.2. The van der Waals surface area contributed by atoms with Crippen molar-refractivity contribution < 1.29 is 9.53 Å². The molecule has 3 rings (SSSR count). The Morgan fingerprint density at radius 2 is 2.08 bits per heavy atom. The van der Waals surface area contributed by atoms with E-state index in [0.29, 0.717) is 26.3 Å². The molecule has 1 atom stereocenters. The summed E-state index contributed by atoms with van der Waals surface area (Å²) in [6.45, 7) is 8.52. The van der Waals surface area contributed by atoms with E-state index in [0.717, 1.165) is 37.6 Å². The number of piperazine rings is 1. The number of nitrogens with zero attached hydrogens (tertiary/aromatic N) is 4. The maximum atomic E-state index is 12.3. The lowest BCUT2D eigenvalue weighted by Crippen LogP contribution is -2.51. The van der Waals surface area contributed by atoms with Crippen molar-refractivity contribution >= 4 is 11.8 Å². The molecule has 2 aliphatic heterocycles. The third kappa shape index (κ3) is 4.15. The number of urea groups is 1. The standard InChI is InChI=1S/C17H27N5O2/c1-14-13-24-10-9-22(14)17(23)19-12-15-3-4-16(18-11-15)21-7-5-20(2)6-8-21/h3-4,11,14H,5-10,12-13H2,1-2H3,(H,19,23)/t14-/m1/s1. The number of pyridine rings is 1. The number of carbonyl (C=O) groups is 1. The molecule has 7 nitrogen and oxygen atoms in total. The molecule has 2 aliphatic rings. The van der Waals surface area contributed by atoms with Crippen LogP contribution >= 0.6 is 0 Å². The van der Waals surface area contributed by atoms with Gasteiger partial charge in [0.15, 0.2) is 0 Å². The van der Waals surface area contributed by atoms with Crippen LogP contribution in [0.25, 0.3) is 0 Å². The summed E-state index contributed by atoms with van der Waals surface area (Å²) >= 11 is 0. The Labute approximate surface area is 143 Å². The van der Waals surface area contributed by atoms with Crippen molar-refractivity contribution in [3.63, 3.8) is 0 Å². The summed E-state index contributed by atoms with van der Waals surface area (Å²) in [5.74, 6) is 1.01. The van der Waals surface area contributed by atoms with Crippen molar-refractivity contribution in [1.29, 1.82) is 0 Å². The summed E-state index contributed by atoms with van der Waals surface area (Å²) in [5, 5.41) is 2.98. The van der Waals surface area contributed by atoms with E-state index < -0.39 is 0 Å². The minimum absolute atomic E-state index is 0.0334. The summed E-state index contributed by atoms with van der Waals surface area (Å²) < 4.78 is 5.36. The van der Waals surface area contributed by atoms with Gasteiger partial charge in [-0.2, -0.15) is 0 Å². The second kappa shape index (κ2) is 7.81. The van der Waals surface area contributed by atoms with Gasteiger partial charge in [0.2, 0.25) is 0 Å². The van der Waals surface area contributed by atoms with E-state index in [-0.39, 0.29) is 12.1 Å². The van der Waals surface area contributed by atoms with Crippen LogP contribution in [0.15, 0.2) is 18.3 Å². The quantitative estimate of drug-likeness (QED) is 0.885. The van der Waals surface area contributed by atoms with E-state index in [1.807, 2.05) is 30.2 Å². The van der Waals surface area contributed by atoms with Gasteiger partial charge in [-0.25, -0.2) is 9.78 Å². The zero-order valence-electron chi connectivity index (χ0n) is 14.6. The maximum absolute atomic E-state index is 12.3. The molecule has 0 saturated carbocycles. The number of morpholine rings is 1. The van der Waals surface area contributed by atoms with Crippen LogP contribution in [0.3, 0.4) is 0 Å². The highest BCUT2D eigenvalue weighted by atomic mass is 16.5. The predicted molar refractivity (Wildman–Crippen MR) is 93.2 cm³/mol. The Kier molecular flexibility index (Phi) is 5.52. The SMILES string of the molecule is C[C@@H]1COCCN1C(=O)NCc1ccc(N2CCN(C)CC2)nc1. The molecule has 0 radical (unpaired) electrons. The second-order valence-electron chi connectivity index (χ2n) is 6.59. The highest BCUT2D eigenvalue weighted by Crippen LogP contribution is 2.14. The van der Waals surface area contributed by atoms with E-state index in [2.05, 4.69) is 27.1 Å². The summed E-state index contributed by atoms with van der Waals surface area (Å²) in [6, 6.07) is 4.18. The first-order chi connectivity index (χ1) is 11.6. The van der Waals surface area contributed by atoms with E-state index in [1.54, 1.807) is 0 Å². The fourth-order valence-corrected chi connectivity index (χ4v) is 3.05. The molecule has 24 heavy (non-hydrogen) atoms. The number of nitrogens with one attached hydrogen (secondary N) is 1. The number of rotatable bonds is 3. The normalized spacial score (nSPS) is 22.5. The van der Waals surface area contributed by atoms with Gasteiger partial charge in [0.05, 0.1) is 19.3 Å². The van der Waals surface area contributed by atoms with Gasteiger partial charge in [0.25, 0.3) is 0 Å². The average Bonchev–Trinajstić information content (AvgIpc) is 2.61. The van der Waals surface area contributed by atoms with Gasteiger partial charge in [-0.3, -0.25) is 0 Å². The molecule has 0 aromatic carbocycles. The van der Waals surface area contributed by atoms with Crippen molar-refractivity contribution in [3.8, 4) is 0 Å². The Morgan fingerprint density at radius 1 is 1.29 bits per heavy atom. The van der Waals surface area contributed by atoms with Gasteiger partial charge in [-0.05, 0) is 25.6 Å². The molecular formula is C17H27N5O2. The monoisotopic (exact) mass is 333 g/mol. The highest BCUT2D eigenvalue weighted by molar-refractivity contribution is 5.74. The number of carbonyl (C=O) groups excluding carboxylic acids is 1. The highest BCUT2D eigenvalue weighted by Gasteiger charge is 2.23. The van der Waals surface area contributed by atoms with Gasteiger partial charge >= 0.3 is 6.03 Å². The van der Waals surface area contributed by atoms with Crippen molar-refractivity contribution in [3.05, 3.63) is 23.9 Å².